The molecule has 0 aliphatic heterocycles. The average Bonchev–Trinajstić information content (AvgIpc) is 0. The van der Waals surface area contributed by atoms with E-state index in [9.17, 15) is 0 Å². The smallest absolute Gasteiger partial charge is 0 e. The number of hydrogen-bond donors (Lipinski definition) is 0. The summed E-state index contributed by atoms with van der Waals surface area (Å²) in [6, 6.07) is 0. The Morgan fingerprint density at radius 1 is 1.00 bits per heavy atom. The average molecular weight is 263 g/mol. The minimum absolute atomic E-state index is 0. The van der Waals surface area contributed by atoms with E-state index < -0.39 is 0 Å². The summed E-state index contributed by atoms with van der Waals surface area (Å²) in [7, 11) is 0. The second kappa shape index (κ2) is 31.2. The van der Waals surface area contributed by atoms with E-state index in [0.29, 0.717) is 0 Å². The van der Waals surface area contributed by atoms with Gasteiger partial charge in [-0.2, -0.15) is 0 Å². The molecule has 0 saturated heterocycles. The van der Waals surface area contributed by atoms with Gasteiger partial charge >= 0.3 is 17.6 Å². The van der Waals surface area contributed by atoms with Crippen molar-refractivity contribution in [1.82, 2.24) is 0 Å². The molecular weight excluding hydrogens is 256 g/mol. The maximum Gasteiger partial charge on any atom is 0 e. The van der Waals surface area contributed by atoms with Gasteiger partial charge in [-0.05, 0) is 11.0 Å². The van der Waals surface area contributed by atoms with Crippen LogP contribution in [0, 0.1) is 0 Å². The van der Waals surface area contributed by atoms with Gasteiger partial charge in [0.15, 0.2) is 0 Å². The first-order chi connectivity index (χ1) is 0. The molecule has 0 amide bonds. The summed E-state index contributed by atoms with van der Waals surface area (Å²) in [5.74, 6) is 0. The van der Waals surface area contributed by atoms with Crippen molar-refractivity contribution in [3.8, 4) is 0 Å². The normalized spacial score (nSPS) is 0. The Labute approximate surface area is 83.7 Å². The molecule has 0 aromatic carbocycles. The summed E-state index contributed by atoms with van der Waals surface area (Å²) in [6.07, 6.45) is 0. The van der Waals surface area contributed by atoms with E-state index in [-0.39, 0.29) is 84.7 Å². The van der Waals surface area contributed by atoms with Crippen molar-refractivity contribution in [3.63, 3.8) is 0 Å². The minimum Gasteiger partial charge on any atom is -0.0125 e. The molecule has 0 aromatic rings. The minimum atomic E-state index is 0. The van der Waals surface area contributed by atoms with Crippen molar-refractivity contribution in [2.45, 2.75) is 0 Å². The Bertz CT molecular complexity index is 11.6. The SMILES string of the molecule is [Cr].[Fe].[GeH4].[SiH3].[Ti]. The maximum atomic E-state index is 0. The van der Waals surface area contributed by atoms with Crippen LogP contribution >= 0.6 is 0 Å². The fourth-order valence-electron chi connectivity index (χ4n) is 0. The Kier molecular flexibility index (Phi) is 314. The molecule has 0 N–H and O–H groups in total. The molecule has 0 bridgehead atoms. The van der Waals surface area contributed by atoms with Crippen LogP contribution in [0.5, 0.6) is 0 Å². The Morgan fingerprint density at radius 2 is 1.00 bits per heavy atom. The van der Waals surface area contributed by atoms with Gasteiger partial charge in [0.05, 0.1) is 0 Å². The third-order valence-electron chi connectivity index (χ3n) is 0. The first-order valence-electron chi connectivity index (χ1n) is 0. The number of hydrogen-bond acceptors (Lipinski definition) is 0. The Balaban J connectivity index is 0. The standard InChI is InChI=1S/Cr.Fe.GeH4.H3Si.Ti/h;;1H4;1H3;. The topological polar surface area (TPSA) is 0 Å². The summed E-state index contributed by atoms with van der Waals surface area (Å²) in [6.45, 7) is 0. The van der Waals surface area contributed by atoms with Crippen LogP contribution in [0.4, 0.5) is 0 Å². The monoisotopic (exact) mass is 265 g/mol. The van der Waals surface area contributed by atoms with E-state index in [2.05, 4.69) is 0 Å². The summed E-state index contributed by atoms with van der Waals surface area (Å²) in [4.78, 5) is 0. The van der Waals surface area contributed by atoms with Gasteiger partial charge in [-0.15, -0.1) is 0 Å². The van der Waals surface area contributed by atoms with Gasteiger partial charge in [0, 0.05) is 56.1 Å². The third kappa shape index (κ3) is 21.0. The molecule has 0 rings (SSSR count). The largest absolute Gasteiger partial charge is 0.0125 e. The van der Waals surface area contributed by atoms with E-state index >= 15 is 0 Å². The van der Waals surface area contributed by atoms with Gasteiger partial charge in [-0.1, -0.05) is 0 Å². The molecule has 0 heterocycles. The summed E-state index contributed by atoms with van der Waals surface area (Å²) < 4.78 is 0. The molecule has 0 fully saturated rings. The van der Waals surface area contributed by atoms with Gasteiger partial charge < -0.3 is 0 Å². The third-order valence-corrected chi connectivity index (χ3v) is 0. The van der Waals surface area contributed by atoms with Crippen molar-refractivity contribution in [2.75, 3.05) is 0 Å². The van der Waals surface area contributed by atoms with E-state index in [1.54, 1.807) is 0 Å². The molecule has 5 heteroatoms. The molecule has 0 saturated carbocycles. The molecule has 1 radical (unpaired) electrons. The zero-order valence-corrected chi connectivity index (χ0v) is 8.20. The molecule has 0 aromatic heterocycles. The molecule has 0 aliphatic carbocycles. The summed E-state index contributed by atoms with van der Waals surface area (Å²) >= 11 is 0. The Hall–Kier alpha value is 2.53. The molecule has 33 valence electrons. The van der Waals surface area contributed by atoms with E-state index in [1.807, 2.05) is 0 Å². The van der Waals surface area contributed by atoms with Crippen LogP contribution in [-0.2, 0) is 56.1 Å². The van der Waals surface area contributed by atoms with Gasteiger partial charge in [-0.25, -0.2) is 0 Å². The first-order valence-corrected chi connectivity index (χ1v) is 0. The van der Waals surface area contributed by atoms with Crippen molar-refractivity contribution in [3.05, 3.63) is 0 Å². The second-order valence-electron chi connectivity index (χ2n) is 0. The van der Waals surface area contributed by atoms with Crippen LogP contribution in [-0.4, -0.2) is 28.6 Å². The molecule has 0 spiro atoms. The van der Waals surface area contributed by atoms with Crippen LogP contribution in [0.15, 0.2) is 0 Å². The zero-order chi connectivity index (χ0) is 0. The molecule has 5 heavy (non-hydrogen) atoms. The van der Waals surface area contributed by atoms with E-state index in [0.717, 1.165) is 0 Å². The van der Waals surface area contributed by atoms with Crippen molar-refractivity contribution in [1.29, 1.82) is 0 Å². The van der Waals surface area contributed by atoms with Gasteiger partial charge in [0.1, 0.15) is 0 Å². The number of rotatable bonds is 0. The van der Waals surface area contributed by atoms with Crippen LogP contribution < -0.4 is 0 Å². The molecular formula is H7CrFeGeSiTi. The van der Waals surface area contributed by atoms with Gasteiger partial charge in [-0.3, -0.25) is 0 Å². The first kappa shape index (κ1) is 50.2. The van der Waals surface area contributed by atoms with Crippen molar-refractivity contribution >= 4 is 28.6 Å². The Morgan fingerprint density at radius 3 is 1.00 bits per heavy atom. The molecule has 0 aliphatic rings. The quantitative estimate of drug-likeness (QED) is 0.419. The van der Waals surface area contributed by atoms with Crippen LogP contribution in [0.1, 0.15) is 0 Å². The van der Waals surface area contributed by atoms with Gasteiger partial charge in [0.2, 0.25) is 0 Å². The maximum absolute atomic E-state index is 0. The fraction of sp³-hybridized carbons (Fsp3) is 0. The van der Waals surface area contributed by atoms with E-state index in [4.69, 9.17) is 0 Å². The van der Waals surface area contributed by atoms with Crippen LogP contribution in [0.2, 0.25) is 0 Å². The van der Waals surface area contributed by atoms with Gasteiger partial charge in [0.25, 0.3) is 0 Å². The second-order valence-corrected chi connectivity index (χ2v) is 0. The summed E-state index contributed by atoms with van der Waals surface area (Å²) in [5.41, 5.74) is 0. The van der Waals surface area contributed by atoms with Crippen molar-refractivity contribution < 1.29 is 56.1 Å². The molecule has 0 nitrogen and oxygen atoms in total. The zero-order valence-electron chi connectivity index (χ0n) is 2.26. The summed E-state index contributed by atoms with van der Waals surface area (Å²) in [5, 5.41) is 0. The molecule has 0 unspecified atom stereocenters. The predicted octanol–water partition coefficient (Wildman–Crippen LogP) is -2.64. The fourth-order valence-corrected chi connectivity index (χ4v) is 0. The van der Waals surface area contributed by atoms with E-state index in [1.165, 1.54) is 0 Å². The van der Waals surface area contributed by atoms with Crippen LogP contribution in [0.3, 0.4) is 0 Å². The van der Waals surface area contributed by atoms with Crippen LogP contribution in [0.25, 0.3) is 0 Å². The van der Waals surface area contributed by atoms with Crippen molar-refractivity contribution in [2.24, 2.45) is 0 Å². The molecule has 0 atom stereocenters. The predicted molar refractivity (Wildman–Crippen MR) is 21.3 cm³/mol.